The van der Waals surface area contributed by atoms with Crippen LogP contribution in [0.4, 0.5) is 0 Å². The van der Waals surface area contributed by atoms with Crippen LogP contribution in [0.2, 0.25) is 0 Å². The third kappa shape index (κ3) is 23.0. The summed E-state index contributed by atoms with van der Waals surface area (Å²) in [4.78, 5) is 21.1. The van der Waals surface area contributed by atoms with Crippen molar-refractivity contribution in [2.24, 2.45) is 0 Å². The molecule has 2 nitrogen and oxygen atoms in total. The second-order valence-corrected chi connectivity index (χ2v) is 7.40. The van der Waals surface area contributed by atoms with Gasteiger partial charge in [-0.15, -0.1) is 0 Å². The molecule has 0 rings (SSSR count). The molecular formula is C22H32Cl2O2. The minimum absolute atomic E-state index is 0.224. The highest BCUT2D eigenvalue weighted by Gasteiger charge is 1.96. The summed E-state index contributed by atoms with van der Waals surface area (Å²) in [7, 11) is 0. The monoisotopic (exact) mass is 398 g/mol. The van der Waals surface area contributed by atoms with E-state index < -0.39 is 0 Å². The van der Waals surface area contributed by atoms with Crippen molar-refractivity contribution in [2.45, 2.75) is 103 Å². The molecule has 0 unspecified atom stereocenters. The third-order valence-corrected chi connectivity index (χ3v) is 4.47. The Morgan fingerprint density at radius 2 is 0.808 bits per heavy atom. The maximum absolute atomic E-state index is 10.6. The number of carbonyl (C=O) groups is 2. The zero-order valence-electron chi connectivity index (χ0n) is 15.9. The second-order valence-electron chi connectivity index (χ2n) is 6.56. The van der Waals surface area contributed by atoms with Crippen molar-refractivity contribution in [3.8, 4) is 23.7 Å². The Bertz CT molecular complexity index is 446. The summed E-state index contributed by atoms with van der Waals surface area (Å²) < 4.78 is 0. The molecule has 0 aromatic heterocycles. The highest BCUT2D eigenvalue weighted by atomic mass is 35.5. The van der Waals surface area contributed by atoms with E-state index in [1.807, 2.05) is 0 Å². The highest BCUT2D eigenvalue weighted by molar-refractivity contribution is 6.63. The molecular weight excluding hydrogens is 367 g/mol. The minimum Gasteiger partial charge on any atom is -0.281 e. The van der Waals surface area contributed by atoms with Gasteiger partial charge in [0.25, 0.3) is 0 Å². The van der Waals surface area contributed by atoms with Gasteiger partial charge in [-0.2, -0.15) is 0 Å². The highest BCUT2D eigenvalue weighted by Crippen LogP contribution is 2.10. The molecule has 0 aliphatic rings. The Morgan fingerprint density at radius 3 is 1.15 bits per heavy atom. The average molecular weight is 399 g/mol. The fourth-order valence-electron chi connectivity index (χ4n) is 2.58. The van der Waals surface area contributed by atoms with E-state index in [0.717, 1.165) is 51.4 Å². The standard InChI is InChI=1S/C22H32Cl2O2/c23-21(25)19-17-15-13-11-9-7-5-3-1-2-4-6-8-10-12-14-16-18-20-22(24)26/h5-20H2. The van der Waals surface area contributed by atoms with Crippen LogP contribution in [0, 0.1) is 23.7 Å². The maximum atomic E-state index is 10.6. The Hall–Kier alpha value is -0.960. The second kappa shape index (κ2) is 20.4. The van der Waals surface area contributed by atoms with E-state index in [4.69, 9.17) is 23.2 Å². The Kier molecular flexibility index (Phi) is 19.6. The van der Waals surface area contributed by atoms with E-state index in [0.29, 0.717) is 12.8 Å². The van der Waals surface area contributed by atoms with Crippen LogP contribution in [0.15, 0.2) is 0 Å². The van der Waals surface area contributed by atoms with Gasteiger partial charge in [0.2, 0.25) is 10.5 Å². The van der Waals surface area contributed by atoms with Crippen molar-refractivity contribution in [2.75, 3.05) is 0 Å². The van der Waals surface area contributed by atoms with Crippen molar-refractivity contribution in [3.05, 3.63) is 0 Å². The van der Waals surface area contributed by atoms with Crippen LogP contribution >= 0.6 is 23.2 Å². The fourth-order valence-corrected chi connectivity index (χ4v) is 2.85. The maximum Gasteiger partial charge on any atom is 0.221 e. The predicted molar refractivity (Wildman–Crippen MR) is 111 cm³/mol. The van der Waals surface area contributed by atoms with Crippen LogP contribution < -0.4 is 0 Å². The fraction of sp³-hybridized carbons (Fsp3) is 0.727. The molecule has 0 aromatic carbocycles. The number of halogens is 2. The molecule has 0 saturated heterocycles. The molecule has 0 radical (unpaired) electrons. The van der Waals surface area contributed by atoms with Gasteiger partial charge in [-0.3, -0.25) is 9.59 Å². The average Bonchev–Trinajstić information content (AvgIpc) is 2.59. The van der Waals surface area contributed by atoms with E-state index in [1.54, 1.807) is 0 Å². The topological polar surface area (TPSA) is 34.1 Å². The molecule has 0 aliphatic heterocycles. The number of rotatable bonds is 16. The predicted octanol–water partition coefficient (Wildman–Crippen LogP) is 6.77. The first-order valence-electron chi connectivity index (χ1n) is 9.95. The van der Waals surface area contributed by atoms with Crippen LogP contribution in [-0.2, 0) is 9.59 Å². The Morgan fingerprint density at radius 1 is 0.500 bits per heavy atom. The van der Waals surface area contributed by atoms with Gasteiger partial charge >= 0.3 is 0 Å². The molecule has 0 aliphatic carbocycles. The summed E-state index contributed by atoms with van der Waals surface area (Å²) in [5.41, 5.74) is 0. The molecule has 0 spiro atoms. The van der Waals surface area contributed by atoms with Crippen LogP contribution in [0.1, 0.15) is 103 Å². The minimum atomic E-state index is -0.224. The van der Waals surface area contributed by atoms with Gasteiger partial charge in [-0.1, -0.05) is 63.2 Å². The first kappa shape index (κ1) is 25.0. The van der Waals surface area contributed by atoms with Gasteiger partial charge < -0.3 is 0 Å². The van der Waals surface area contributed by atoms with Crippen LogP contribution in [0.5, 0.6) is 0 Å². The largest absolute Gasteiger partial charge is 0.281 e. The van der Waals surface area contributed by atoms with E-state index in [9.17, 15) is 9.59 Å². The van der Waals surface area contributed by atoms with Gasteiger partial charge in [-0.25, -0.2) is 0 Å². The third-order valence-electron chi connectivity index (χ3n) is 4.09. The van der Waals surface area contributed by atoms with Crippen molar-refractivity contribution in [1.29, 1.82) is 0 Å². The smallest absolute Gasteiger partial charge is 0.221 e. The summed E-state index contributed by atoms with van der Waals surface area (Å²) in [6.45, 7) is 0. The van der Waals surface area contributed by atoms with Gasteiger partial charge in [0.15, 0.2) is 0 Å². The quantitative estimate of drug-likeness (QED) is 0.163. The lowest BCUT2D eigenvalue weighted by Crippen LogP contribution is -1.86. The molecule has 0 heterocycles. The van der Waals surface area contributed by atoms with E-state index in [-0.39, 0.29) is 10.5 Å². The lowest BCUT2D eigenvalue weighted by atomic mass is 10.1. The lowest BCUT2D eigenvalue weighted by Gasteiger charge is -1.98. The van der Waals surface area contributed by atoms with Crippen molar-refractivity contribution < 1.29 is 9.59 Å². The zero-order chi connectivity index (χ0) is 19.3. The van der Waals surface area contributed by atoms with Crippen LogP contribution in [-0.4, -0.2) is 10.5 Å². The number of hydrogen-bond donors (Lipinski definition) is 0. The van der Waals surface area contributed by atoms with E-state index >= 15 is 0 Å². The van der Waals surface area contributed by atoms with Crippen molar-refractivity contribution in [3.63, 3.8) is 0 Å². The van der Waals surface area contributed by atoms with Crippen LogP contribution in [0.3, 0.4) is 0 Å². The molecule has 0 amide bonds. The number of hydrogen-bond acceptors (Lipinski definition) is 2. The summed E-state index contributed by atoms with van der Waals surface area (Å²) >= 11 is 10.6. The molecule has 146 valence electrons. The molecule has 0 fully saturated rings. The Balaban J connectivity index is 3.29. The van der Waals surface area contributed by atoms with Gasteiger partial charge in [0.1, 0.15) is 0 Å². The molecule has 26 heavy (non-hydrogen) atoms. The number of carbonyl (C=O) groups excluding carboxylic acids is 2. The molecule has 0 bridgehead atoms. The van der Waals surface area contributed by atoms with Crippen molar-refractivity contribution in [1.82, 2.24) is 0 Å². The molecule has 0 N–H and O–H groups in total. The SMILES string of the molecule is O=C(Cl)CCCCCCCCC#CC#CCCCCCCCCC(=O)Cl. The molecule has 4 heteroatoms. The normalized spacial score (nSPS) is 9.77. The lowest BCUT2D eigenvalue weighted by molar-refractivity contribution is -0.112. The zero-order valence-corrected chi connectivity index (χ0v) is 17.4. The molecule has 0 atom stereocenters. The van der Waals surface area contributed by atoms with E-state index in [2.05, 4.69) is 23.7 Å². The van der Waals surface area contributed by atoms with Gasteiger partial charge in [-0.05, 0) is 60.7 Å². The van der Waals surface area contributed by atoms with Gasteiger partial charge in [0, 0.05) is 25.7 Å². The summed E-state index contributed by atoms with van der Waals surface area (Å²) in [6.07, 6.45) is 16.2. The molecule has 0 saturated carbocycles. The summed E-state index contributed by atoms with van der Waals surface area (Å²) in [5.74, 6) is 12.1. The molecule has 0 aromatic rings. The van der Waals surface area contributed by atoms with Gasteiger partial charge in [0.05, 0.1) is 0 Å². The van der Waals surface area contributed by atoms with Crippen LogP contribution in [0.25, 0.3) is 0 Å². The first-order chi connectivity index (χ1) is 12.6. The number of unbranched alkanes of at least 4 members (excludes halogenated alkanes) is 12. The Labute approximate surface area is 169 Å². The summed E-state index contributed by atoms with van der Waals surface area (Å²) in [6, 6.07) is 0. The summed E-state index contributed by atoms with van der Waals surface area (Å²) in [5, 5.41) is -0.448. The van der Waals surface area contributed by atoms with E-state index in [1.165, 1.54) is 38.5 Å². The van der Waals surface area contributed by atoms with Crippen molar-refractivity contribution >= 4 is 33.7 Å². The first-order valence-corrected chi connectivity index (χ1v) is 10.7.